The first-order chi connectivity index (χ1) is 15.9. The van der Waals surface area contributed by atoms with Gasteiger partial charge in [0.05, 0.1) is 12.0 Å². The van der Waals surface area contributed by atoms with E-state index in [9.17, 15) is 20.2 Å². The molecule has 33 heavy (non-hydrogen) atoms. The summed E-state index contributed by atoms with van der Waals surface area (Å²) in [5, 5.41) is 23.4. The van der Waals surface area contributed by atoms with Gasteiger partial charge in [-0.15, -0.1) is 0 Å². The summed E-state index contributed by atoms with van der Waals surface area (Å²) in [6.07, 6.45) is 1.41. The average Bonchev–Trinajstić information content (AvgIpc) is 2.81. The van der Waals surface area contributed by atoms with Crippen LogP contribution in [0.2, 0.25) is 5.02 Å². The van der Waals surface area contributed by atoms with Crippen molar-refractivity contribution in [3.05, 3.63) is 98.6 Å². The summed E-state index contributed by atoms with van der Waals surface area (Å²) < 4.78 is 11.1. The zero-order valence-electron chi connectivity index (χ0n) is 17.4. The van der Waals surface area contributed by atoms with Gasteiger partial charge >= 0.3 is 0 Å². The SMILES string of the molecule is COc1ccc(/C=C(\C#N)C(=O)Nc2cccc(Cl)c2)c(OCc2ccc([N+](=O)[O-])cc2)c1. The van der Waals surface area contributed by atoms with Crippen LogP contribution in [0.25, 0.3) is 6.08 Å². The number of nitrogens with one attached hydrogen (secondary N) is 1. The minimum Gasteiger partial charge on any atom is -0.497 e. The average molecular weight is 464 g/mol. The Morgan fingerprint density at radius 3 is 2.58 bits per heavy atom. The number of nitriles is 1. The van der Waals surface area contributed by atoms with Crippen LogP contribution in [0.3, 0.4) is 0 Å². The Hall–Kier alpha value is -4.35. The number of carbonyl (C=O) groups is 1. The molecule has 0 aliphatic heterocycles. The van der Waals surface area contributed by atoms with Crippen LogP contribution in [0.5, 0.6) is 11.5 Å². The first kappa shape index (κ1) is 23.3. The van der Waals surface area contributed by atoms with Gasteiger partial charge in [-0.1, -0.05) is 17.7 Å². The number of non-ortho nitro benzene ring substituents is 1. The van der Waals surface area contributed by atoms with Crippen molar-refractivity contribution in [3.8, 4) is 17.6 Å². The molecule has 1 amide bonds. The van der Waals surface area contributed by atoms with Gasteiger partial charge in [-0.25, -0.2) is 0 Å². The highest BCUT2D eigenvalue weighted by atomic mass is 35.5. The Labute approximate surface area is 194 Å². The Morgan fingerprint density at radius 1 is 1.18 bits per heavy atom. The van der Waals surface area contributed by atoms with E-state index in [1.807, 2.05) is 6.07 Å². The molecule has 1 N–H and O–H groups in total. The largest absolute Gasteiger partial charge is 0.497 e. The third-order valence-electron chi connectivity index (χ3n) is 4.51. The summed E-state index contributed by atoms with van der Waals surface area (Å²) in [7, 11) is 1.50. The molecule has 8 nitrogen and oxygen atoms in total. The quantitative estimate of drug-likeness (QED) is 0.207. The maximum absolute atomic E-state index is 12.6. The van der Waals surface area contributed by atoms with Gasteiger partial charge in [0.2, 0.25) is 0 Å². The Morgan fingerprint density at radius 2 is 1.94 bits per heavy atom. The van der Waals surface area contributed by atoms with E-state index in [2.05, 4.69) is 5.32 Å². The van der Waals surface area contributed by atoms with E-state index in [0.29, 0.717) is 33.3 Å². The van der Waals surface area contributed by atoms with Gasteiger partial charge in [0.1, 0.15) is 29.7 Å². The third kappa shape index (κ3) is 6.32. The maximum atomic E-state index is 12.6. The second kappa shape index (κ2) is 10.8. The second-order valence-electron chi connectivity index (χ2n) is 6.75. The summed E-state index contributed by atoms with van der Waals surface area (Å²) >= 11 is 5.94. The first-order valence-electron chi connectivity index (χ1n) is 9.62. The Balaban J connectivity index is 1.83. The zero-order chi connectivity index (χ0) is 23.8. The number of halogens is 1. The van der Waals surface area contributed by atoms with Crippen LogP contribution in [-0.2, 0) is 11.4 Å². The minimum absolute atomic E-state index is 0.0202. The lowest BCUT2D eigenvalue weighted by molar-refractivity contribution is -0.384. The van der Waals surface area contributed by atoms with Crippen molar-refractivity contribution in [1.29, 1.82) is 5.26 Å². The lowest BCUT2D eigenvalue weighted by Crippen LogP contribution is -2.13. The molecule has 166 valence electrons. The van der Waals surface area contributed by atoms with Crippen molar-refractivity contribution >= 4 is 35.0 Å². The molecule has 9 heteroatoms. The molecule has 0 bridgehead atoms. The molecular formula is C24H18ClN3O5. The van der Waals surface area contributed by atoms with Crippen molar-refractivity contribution in [2.24, 2.45) is 0 Å². The number of hydrogen-bond donors (Lipinski definition) is 1. The highest BCUT2D eigenvalue weighted by Gasteiger charge is 2.13. The number of hydrogen-bond acceptors (Lipinski definition) is 6. The van der Waals surface area contributed by atoms with Crippen LogP contribution in [0.1, 0.15) is 11.1 Å². The number of ether oxygens (including phenoxy) is 2. The number of anilines is 1. The number of amides is 1. The van der Waals surface area contributed by atoms with Crippen LogP contribution in [0.4, 0.5) is 11.4 Å². The molecule has 3 aromatic carbocycles. The van der Waals surface area contributed by atoms with Gasteiger partial charge in [-0.05, 0) is 54.1 Å². The molecule has 0 radical (unpaired) electrons. The second-order valence-corrected chi connectivity index (χ2v) is 7.19. The number of nitro benzene ring substituents is 1. The third-order valence-corrected chi connectivity index (χ3v) is 4.74. The lowest BCUT2D eigenvalue weighted by atomic mass is 10.1. The molecule has 0 aromatic heterocycles. The van der Waals surface area contributed by atoms with Crippen LogP contribution in [0, 0.1) is 21.4 Å². The smallest absolute Gasteiger partial charge is 0.269 e. The van der Waals surface area contributed by atoms with Crippen molar-refractivity contribution < 1.29 is 19.2 Å². The van der Waals surface area contributed by atoms with Gasteiger partial charge in [0.15, 0.2) is 0 Å². The molecule has 0 spiro atoms. The first-order valence-corrected chi connectivity index (χ1v) is 10.0. The maximum Gasteiger partial charge on any atom is 0.269 e. The minimum atomic E-state index is -0.600. The molecule has 0 unspecified atom stereocenters. The fourth-order valence-electron chi connectivity index (χ4n) is 2.83. The number of carbonyl (C=O) groups excluding carboxylic acids is 1. The van der Waals surface area contributed by atoms with E-state index in [1.165, 1.54) is 25.3 Å². The molecular weight excluding hydrogens is 446 g/mol. The predicted octanol–water partition coefficient (Wildman–Crippen LogP) is 5.38. The highest BCUT2D eigenvalue weighted by molar-refractivity contribution is 6.31. The van der Waals surface area contributed by atoms with Crippen LogP contribution in [0.15, 0.2) is 72.3 Å². The molecule has 0 atom stereocenters. The van der Waals surface area contributed by atoms with Crippen LogP contribution in [-0.4, -0.2) is 17.9 Å². The van der Waals surface area contributed by atoms with E-state index < -0.39 is 10.8 Å². The van der Waals surface area contributed by atoms with Gasteiger partial charge in [-0.3, -0.25) is 14.9 Å². The monoisotopic (exact) mass is 463 g/mol. The summed E-state index contributed by atoms with van der Waals surface area (Å²) in [4.78, 5) is 22.9. The summed E-state index contributed by atoms with van der Waals surface area (Å²) in [6.45, 7) is 0.114. The van der Waals surface area contributed by atoms with Crippen LogP contribution >= 0.6 is 11.6 Å². The van der Waals surface area contributed by atoms with Crippen molar-refractivity contribution in [1.82, 2.24) is 0 Å². The molecule has 0 heterocycles. The highest BCUT2D eigenvalue weighted by Crippen LogP contribution is 2.28. The fourth-order valence-corrected chi connectivity index (χ4v) is 3.02. The van der Waals surface area contributed by atoms with E-state index in [0.717, 1.165) is 0 Å². The molecule has 0 fully saturated rings. The summed E-state index contributed by atoms with van der Waals surface area (Å²) in [5.74, 6) is 0.292. The molecule has 0 saturated carbocycles. The van der Waals surface area contributed by atoms with E-state index in [1.54, 1.807) is 54.6 Å². The molecule has 0 saturated heterocycles. The van der Waals surface area contributed by atoms with Gasteiger partial charge in [0, 0.05) is 34.5 Å². The molecule has 0 aliphatic carbocycles. The molecule has 0 aliphatic rings. The van der Waals surface area contributed by atoms with E-state index in [-0.39, 0.29) is 17.9 Å². The number of nitrogens with zero attached hydrogens (tertiary/aromatic N) is 2. The normalized spacial score (nSPS) is 10.8. The van der Waals surface area contributed by atoms with E-state index >= 15 is 0 Å². The predicted molar refractivity (Wildman–Crippen MR) is 124 cm³/mol. The van der Waals surface area contributed by atoms with Crippen LogP contribution < -0.4 is 14.8 Å². The van der Waals surface area contributed by atoms with Crippen molar-refractivity contribution in [2.45, 2.75) is 6.61 Å². The molecule has 3 rings (SSSR count). The number of benzene rings is 3. The van der Waals surface area contributed by atoms with E-state index in [4.69, 9.17) is 21.1 Å². The summed E-state index contributed by atoms with van der Waals surface area (Å²) in [5.41, 5.74) is 1.49. The topological polar surface area (TPSA) is 114 Å². The van der Waals surface area contributed by atoms with Gasteiger partial charge < -0.3 is 14.8 Å². The number of methoxy groups -OCH3 is 1. The Kier molecular flexibility index (Phi) is 7.63. The van der Waals surface area contributed by atoms with Gasteiger partial charge in [-0.2, -0.15) is 5.26 Å². The Bertz CT molecular complexity index is 1250. The standard InChI is InChI=1S/C24H18ClN3O5/c1-32-22-10-7-17(11-18(14-26)24(29)27-20-4-2-3-19(25)12-20)23(13-22)33-15-16-5-8-21(9-6-16)28(30)31/h2-13H,15H2,1H3,(H,27,29)/b18-11+. The fraction of sp³-hybridized carbons (Fsp3) is 0.0833. The number of rotatable bonds is 8. The lowest BCUT2D eigenvalue weighted by Gasteiger charge is -2.12. The zero-order valence-corrected chi connectivity index (χ0v) is 18.2. The van der Waals surface area contributed by atoms with Crippen molar-refractivity contribution in [3.63, 3.8) is 0 Å². The number of nitro groups is 1. The van der Waals surface area contributed by atoms with Gasteiger partial charge in [0.25, 0.3) is 11.6 Å². The van der Waals surface area contributed by atoms with Crippen molar-refractivity contribution in [2.75, 3.05) is 12.4 Å². The molecule has 3 aromatic rings. The summed E-state index contributed by atoms with van der Waals surface area (Å²) in [6, 6.07) is 19.4.